The Morgan fingerprint density at radius 1 is 1.18 bits per heavy atom. The van der Waals surface area contributed by atoms with Crippen molar-refractivity contribution >= 4 is 40.7 Å². The summed E-state index contributed by atoms with van der Waals surface area (Å²) in [7, 11) is 0. The minimum atomic E-state index is -4.26. The number of nitrogens with one attached hydrogen (secondary N) is 1. The molecule has 0 saturated carbocycles. The van der Waals surface area contributed by atoms with E-state index in [9.17, 15) is 17.6 Å². The van der Waals surface area contributed by atoms with E-state index in [0.717, 1.165) is 0 Å². The van der Waals surface area contributed by atoms with Gasteiger partial charge in [0, 0.05) is 36.7 Å². The SMILES string of the molecule is Cl.Cl.Fc1ccc([C@H](CC(F)(F)F)N2CCNCC2)c(Br)c1. The highest BCUT2D eigenvalue weighted by Gasteiger charge is 2.36. The Labute approximate surface area is 147 Å². The van der Waals surface area contributed by atoms with Crippen molar-refractivity contribution in [2.75, 3.05) is 26.2 Å². The van der Waals surface area contributed by atoms with Gasteiger partial charge in [-0.05, 0) is 17.7 Å². The molecule has 1 heterocycles. The summed E-state index contributed by atoms with van der Waals surface area (Å²) in [4.78, 5) is 1.79. The van der Waals surface area contributed by atoms with Crippen LogP contribution >= 0.6 is 40.7 Å². The molecular formula is C13H17BrCl2F4N2. The molecule has 0 spiro atoms. The van der Waals surface area contributed by atoms with Crippen LogP contribution in [0.5, 0.6) is 0 Å². The normalized spacial score (nSPS) is 17.3. The molecule has 22 heavy (non-hydrogen) atoms. The summed E-state index contributed by atoms with van der Waals surface area (Å²) in [6.45, 7) is 2.41. The van der Waals surface area contributed by atoms with Gasteiger partial charge in [-0.15, -0.1) is 24.8 Å². The van der Waals surface area contributed by atoms with Crippen LogP contribution in [-0.4, -0.2) is 37.3 Å². The lowest BCUT2D eigenvalue weighted by Crippen LogP contribution is -2.46. The van der Waals surface area contributed by atoms with Gasteiger partial charge in [-0.25, -0.2) is 4.39 Å². The molecule has 1 N–H and O–H groups in total. The van der Waals surface area contributed by atoms with Gasteiger partial charge in [0.1, 0.15) is 5.82 Å². The van der Waals surface area contributed by atoms with Gasteiger partial charge in [-0.1, -0.05) is 22.0 Å². The summed E-state index contributed by atoms with van der Waals surface area (Å²) >= 11 is 3.17. The Balaban J connectivity index is 0.00000220. The molecule has 0 unspecified atom stereocenters. The van der Waals surface area contributed by atoms with Crippen LogP contribution in [0.4, 0.5) is 17.6 Å². The van der Waals surface area contributed by atoms with E-state index in [1.54, 1.807) is 4.90 Å². The summed E-state index contributed by atoms with van der Waals surface area (Å²) in [5, 5.41) is 3.11. The summed E-state index contributed by atoms with van der Waals surface area (Å²) in [6.07, 6.45) is -5.19. The maximum Gasteiger partial charge on any atom is 0.390 e. The maximum atomic E-state index is 13.1. The van der Waals surface area contributed by atoms with Crippen molar-refractivity contribution in [2.24, 2.45) is 0 Å². The lowest BCUT2D eigenvalue weighted by Gasteiger charge is -2.36. The van der Waals surface area contributed by atoms with Crippen LogP contribution in [0.3, 0.4) is 0 Å². The summed E-state index contributed by atoms with van der Waals surface area (Å²) in [5.74, 6) is -0.466. The van der Waals surface area contributed by atoms with Crippen molar-refractivity contribution in [3.63, 3.8) is 0 Å². The lowest BCUT2D eigenvalue weighted by molar-refractivity contribution is -0.148. The molecule has 0 radical (unpaired) electrons. The minimum Gasteiger partial charge on any atom is -0.314 e. The van der Waals surface area contributed by atoms with Gasteiger partial charge in [-0.2, -0.15) is 13.2 Å². The van der Waals surface area contributed by atoms with Crippen LogP contribution in [0.25, 0.3) is 0 Å². The molecule has 1 aliphatic rings. The van der Waals surface area contributed by atoms with Gasteiger partial charge in [-0.3, -0.25) is 4.90 Å². The Hall–Kier alpha value is -0.0800. The number of piperazine rings is 1. The van der Waals surface area contributed by atoms with Crippen LogP contribution in [0, 0.1) is 5.82 Å². The van der Waals surface area contributed by atoms with E-state index in [1.807, 2.05) is 0 Å². The molecule has 1 aromatic carbocycles. The number of alkyl halides is 3. The largest absolute Gasteiger partial charge is 0.390 e. The van der Waals surface area contributed by atoms with Gasteiger partial charge in [0.05, 0.1) is 6.42 Å². The predicted octanol–water partition coefficient (Wildman–Crippen LogP) is 4.33. The number of halogens is 7. The zero-order valence-corrected chi connectivity index (χ0v) is 14.7. The lowest BCUT2D eigenvalue weighted by atomic mass is 10.0. The highest BCUT2D eigenvalue weighted by atomic mass is 79.9. The average Bonchev–Trinajstić information content (AvgIpc) is 2.36. The molecule has 0 aliphatic carbocycles. The summed E-state index contributed by atoms with van der Waals surface area (Å²) in [6, 6.07) is 3.05. The fourth-order valence-corrected chi connectivity index (χ4v) is 3.04. The number of benzene rings is 1. The molecule has 1 aliphatic heterocycles. The highest BCUT2D eigenvalue weighted by molar-refractivity contribution is 9.10. The molecule has 2 nitrogen and oxygen atoms in total. The zero-order valence-electron chi connectivity index (χ0n) is 11.5. The number of rotatable bonds is 3. The Bertz CT molecular complexity index is 468. The Morgan fingerprint density at radius 2 is 1.77 bits per heavy atom. The van der Waals surface area contributed by atoms with Gasteiger partial charge < -0.3 is 5.32 Å². The van der Waals surface area contributed by atoms with Crippen LogP contribution in [-0.2, 0) is 0 Å². The molecule has 1 aromatic rings. The summed E-state index contributed by atoms with van der Waals surface area (Å²) < 4.78 is 52.0. The number of hydrogen-bond acceptors (Lipinski definition) is 2. The van der Waals surface area contributed by atoms with Crippen LogP contribution < -0.4 is 5.32 Å². The van der Waals surface area contributed by atoms with Gasteiger partial charge in [0.2, 0.25) is 0 Å². The standard InChI is InChI=1S/C13H15BrF4N2.2ClH/c14-11-7-9(15)1-2-10(11)12(8-13(16,17)18)20-5-3-19-4-6-20;;/h1-2,7,12,19H,3-6,8H2;2*1H/t12-;;/m0../s1. The second kappa shape index (κ2) is 9.27. The van der Waals surface area contributed by atoms with Crippen LogP contribution in [0.2, 0.25) is 0 Å². The first-order valence-corrected chi connectivity index (χ1v) is 7.12. The van der Waals surface area contributed by atoms with E-state index < -0.39 is 24.5 Å². The quantitative estimate of drug-likeness (QED) is 0.722. The molecule has 1 fully saturated rings. The maximum absolute atomic E-state index is 13.1. The first kappa shape index (κ1) is 21.9. The molecule has 2 rings (SSSR count). The monoisotopic (exact) mass is 426 g/mol. The molecule has 0 amide bonds. The van der Waals surface area contributed by atoms with Gasteiger partial charge in [0.25, 0.3) is 0 Å². The van der Waals surface area contributed by atoms with Crippen molar-refractivity contribution in [2.45, 2.75) is 18.6 Å². The topological polar surface area (TPSA) is 15.3 Å². The van der Waals surface area contributed by atoms with Crippen molar-refractivity contribution < 1.29 is 17.6 Å². The Morgan fingerprint density at radius 3 is 2.27 bits per heavy atom. The Kier molecular flexibility index (Phi) is 9.24. The number of hydrogen-bond donors (Lipinski definition) is 1. The first-order chi connectivity index (χ1) is 9.37. The third-order valence-corrected chi connectivity index (χ3v) is 4.03. The minimum absolute atomic E-state index is 0. The van der Waals surface area contributed by atoms with Crippen molar-refractivity contribution in [3.8, 4) is 0 Å². The second-order valence-corrected chi connectivity index (χ2v) is 5.64. The predicted molar refractivity (Wildman–Crippen MR) is 86.5 cm³/mol. The molecule has 1 saturated heterocycles. The third kappa shape index (κ3) is 6.20. The molecule has 9 heteroatoms. The smallest absolute Gasteiger partial charge is 0.314 e. The van der Waals surface area contributed by atoms with E-state index in [-0.39, 0.29) is 24.8 Å². The highest BCUT2D eigenvalue weighted by Crippen LogP contribution is 2.37. The van der Waals surface area contributed by atoms with Crippen LogP contribution in [0.15, 0.2) is 22.7 Å². The van der Waals surface area contributed by atoms with E-state index in [2.05, 4.69) is 21.2 Å². The first-order valence-electron chi connectivity index (χ1n) is 6.33. The molecule has 0 bridgehead atoms. The summed E-state index contributed by atoms with van der Waals surface area (Å²) in [5.41, 5.74) is 0.477. The third-order valence-electron chi connectivity index (χ3n) is 3.34. The zero-order chi connectivity index (χ0) is 14.8. The van der Waals surface area contributed by atoms with Crippen molar-refractivity contribution in [1.29, 1.82) is 0 Å². The van der Waals surface area contributed by atoms with E-state index in [1.165, 1.54) is 18.2 Å². The second-order valence-electron chi connectivity index (χ2n) is 4.79. The molecular weight excluding hydrogens is 411 g/mol. The van der Waals surface area contributed by atoms with Crippen LogP contribution in [0.1, 0.15) is 18.0 Å². The van der Waals surface area contributed by atoms with E-state index in [0.29, 0.717) is 36.2 Å². The van der Waals surface area contributed by atoms with Gasteiger partial charge >= 0.3 is 6.18 Å². The van der Waals surface area contributed by atoms with E-state index in [4.69, 9.17) is 0 Å². The van der Waals surface area contributed by atoms with E-state index >= 15 is 0 Å². The molecule has 1 atom stereocenters. The number of nitrogens with zero attached hydrogens (tertiary/aromatic N) is 1. The van der Waals surface area contributed by atoms with Crippen molar-refractivity contribution in [3.05, 3.63) is 34.1 Å². The van der Waals surface area contributed by atoms with Crippen molar-refractivity contribution in [1.82, 2.24) is 10.2 Å². The fraction of sp³-hybridized carbons (Fsp3) is 0.538. The van der Waals surface area contributed by atoms with Gasteiger partial charge in [0.15, 0.2) is 0 Å². The molecule has 0 aromatic heterocycles. The average molecular weight is 428 g/mol. The fourth-order valence-electron chi connectivity index (χ4n) is 2.42. The molecule has 128 valence electrons.